The zero-order valence-corrected chi connectivity index (χ0v) is 17.5. The number of Topliss-reactive ketones (excluding diaryl/α,β-unsaturated/α-hetero) is 1. The van der Waals surface area contributed by atoms with Crippen LogP contribution in [0.5, 0.6) is 0 Å². The molecule has 7 unspecified atom stereocenters. The van der Waals surface area contributed by atoms with Crippen molar-refractivity contribution in [1.82, 2.24) is 0 Å². The van der Waals surface area contributed by atoms with Crippen LogP contribution in [-0.2, 0) is 15.9 Å². The molecule has 3 aliphatic rings. The van der Waals surface area contributed by atoms with E-state index in [1.807, 2.05) is 0 Å². The minimum Gasteiger partial charge on any atom is -0.772 e. The van der Waals surface area contributed by atoms with Crippen LogP contribution >= 0.6 is 0 Å². The molecule has 3 rings (SSSR count). The van der Waals surface area contributed by atoms with Gasteiger partial charge in [-0.15, -0.1) is 0 Å². The van der Waals surface area contributed by atoms with E-state index in [9.17, 15) is 13.6 Å². The summed E-state index contributed by atoms with van der Waals surface area (Å²) in [4.78, 5) is 12.7. The lowest BCUT2D eigenvalue weighted by Crippen LogP contribution is -2.36. The van der Waals surface area contributed by atoms with E-state index in [1.165, 1.54) is 38.5 Å². The Kier molecular flexibility index (Phi) is 7.35. The highest BCUT2D eigenvalue weighted by molar-refractivity contribution is 7.79. The van der Waals surface area contributed by atoms with Gasteiger partial charge in [-0.3, -0.25) is 9.00 Å². The van der Waals surface area contributed by atoms with Crippen molar-refractivity contribution in [3.63, 3.8) is 0 Å². The Morgan fingerprint density at radius 1 is 0.962 bits per heavy atom. The second kappa shape index (κ2) is 9.32. The molecule has 3 nitrogen and oxygen atoms in total. The second-order valence-corrected chi connectivity index (χ2v) is 10.9. The maximum atomic E-state index is 12.7. The van der Waals surface area contributed by atoms with Gasteiger partial charge in [-0.05, 0) is 74.5 Å². The molecule has 0 spiro atoms. The standard InChI is InChI=1S/C22H38O3S/c1-15-11-16(2)13-20(12-15)21(23)9-10-22(26(24)25)19-8-7-17-5-3-4-6-18(17)14-19/h15-20,22H,3-14H2,1-2H3,(H,24,25)/p-1. The Bertz CT molecular complexity index is 496. The Morgan fingerprint density at radius 2 is 1.62 bits per heavy atom. The zero-order valence-electron chi connectivity index (χ0n) is 16.7. The number of carbonyl (C=O) groups is 1. The first-order chi connectivity index (χ1) is 12.4. The lowest BCUT2D eigenvalue weighted by molar-refractivity contribution is -0.125. The molecule has 4 heteroatoms. The van der Waals surface area contributed by atoms with E-state index in [-0.39, 0.29) is 17.1 Å². The Balaban J connectivity index is 1.53. The summed E-state index contributed by atoms with van der Waals surface area (Å²) in [7, 11) is 0. The third kappa shape index (κ3) is 5.19. The molecule has 150 valence electrons. The molecule has 3 fully saturated rings. The van der Waals surface area contributed by atoms with Gasteiger partial charge >= 0.3 is 0 Å². The van der Waals surface area contributed by atoms with Crippen molar-refractivity contribution >= 4 is 16.9 Å². The van der Waals surface area contributed by atoms with E-state index in [4.69, 9.17) is 0 Å². The fourth-order valence-electron chi connectivity index (χ4n) is 6.43. The van der Waals surface area contributed by atoms with Crippen LogP contribution in [0.4, 0.5) is 0 Å². The first-order valence-corrected chi connectivity index (χ1v) is 12.2. The van der Waals surface area contributed by atoms with Crippen LogP contribution in [0.1, 0.15) is 90.9 Å². The average molecular weight is 382 g/mol. The Hall–Kier alpha value is -0.220. The van der Waals surface area contributed by atoms with E-state index < -0.39 is 11.1 Å². The summed E-state index contributed by atoms with van der Waals surface area (Å²) in [5.41, 5.74) is 0. The number of fused-ring (bicyclic) bond motifs is 1. The maximum absolute atomic E-state index is 12.7. The first-order valence-electron chi connectivity index (χ1n) is 11.0. The molecule has 7 atom stereocenters. The van der Waals surface area contributed by atoms with Gasteiger partial charge in [0.25, 0.3) is 0 Å². The molecular weight excluding hydrogens is 344 g/mol. The predicted octanol–water partition coefficient (Wildman–Crippen LogP) is 5.26. The second-order valence-electron chi connectivity index (χ2n) is 9.80. The Morgan fingerprint density at radius 3 is 2.27 bits per heavy atom. The highest BCUT2D eigenvalue weighted by Crippen LogP contribution is 2.45. The molecule has 0 aromatic rings. The van der Waals surface area contributed by atoms with Gasteiger partial charge in [0.05, 0.1) is 0 Å². The molecule has 0 amide bonds. The summed E-state index contributed by atoms with van der Waals surface area (Å²) in [6.45, 7) is 4.49. The van der Waals surface area contributed by atoms with Gasteiger partial charge in [0, 0.05) is 17.6 Å². The summed E-state index contributed by atoms with van der Waals surface area (Å²) in [5, 5.41) is -0.305. The third-order valence-electron chi connectivity index (χ3n) is 7.66. The van der Waals surface area contributed by atoms with Gasteiger partial charge in [-0.25, -0.2) is 0 Å². The van der Waals surface area contributed by atoms with E-state index in [0.29, 0.717) is 30.5 Å². The van der Waals surface area contributed by atoms with Crippen LogP contribution in [0.2, 0.25) is 0 Å². The lowest BCUT2D eigenvalue weighted by Gasteiger charge is -2.42. The summed E-state index contributed by atoms with van der Waals surface area (Å²) < 4.78 is 23.9. The minimum atomic E-state index is -2.05. The smallest absolute Gasteiger partial charge is 0.136 e. The summed E-state index contributed by atoms with van der Waals surface area (Å²) in [6.07, 6.45) is 12.9. The SMILES string of the molecule is CC1CC(C)CC(C(=O)CCC(C2CCC3CCCCC3C2)S(=O)[O-])C1. The number of hydrogen-bond donors (Lipinski definition) is 0. The van der Waals surface area contributed by atoms with Crippen LogP contribution in [0.3, 0.4) is 0 Å². The van der Waals surface area contributed by atoms with Crippen molar-refractivity contribution < 1.29 is 13.6 Å². The number of ketones is 1. The fourth-order valence-corrected chi connectivity index (χ4v) is 7.31. The largest absolute Gasteiger partial charge is 0.772 e. The van der Waals surface area contributed by atoms with Crippen LogP contribution in [-0.4, -0.2) is 19.8 Å². The van der Waals surface area contributed by atoms with Crippen LogP contribution < -0.4 is 0 Å². The van der Waals surface area contributed by atoms with Gasteiger partial charge in [-0.2, -0.15) is 0 Å². The Labute approximate surface area is 162 Å². The molecule has 3 aliphatic carbocycles. The lowest BCUT2D eigenvalue weighted by atomic mass is 9.66. The first kappa shape index (κ1) is 20.5. The minimum absolute atomic E-state index is 0.170. The van der Waals surface area contributed by atoms with Crippen LogP contribution in [0.15, 0.2) is 0 Å². The van der Waals surface area contributed by atoms with E-state index in [0.717, 1.165) is 37.5 Å². The molecule has 0 heterocycles. The number of carbonyl (C=O) groups excluding carboxylic acids is 1. The summed E-state index contributed by atoms with van der Waals surface area (Å²) in [6, 6.07) is 0. The zero-order chi connectivity index (χ0) is 18.7. The van der Waals surface area contributed by atoms with Crippen molar-refractivity contribution in [3.8, 4) is 0 Å². The average Bonchev–Trinajstić information content (AvgIpc) is 2.60. The van der Waals surface area contributed by atoms with Crippen molar-refractivity contribution in [2.45, 2.75) is 96.1 Å². The molecule has 0 aromatic heterocycles. The van der Waals surface area contributed by atoms with Crippen molar-refractivity contribution in [2.75, 3.05) is 0 Å². The van der Waals surface area contributed by atoms with Crippen molar-refractivity contribution in [1.29, 1.82) is 0 Å². The van der Waals surface area contributed by atoms with Crippen molar-refractivity contribution in [3.05, 3.63) is 0 Å². The van der Waals surface area contributed by atoms with Gasteiger partial charge in [0.15, 0.2) is 0 Å². The van der Waals surface area contributed by atoms with E-state index in [1.54, 1.807) is 0 Å². The molecular formula is C22H37O3S-. The maximum Gasteiger partial charge on any atom is 0.136 e. The van der Waals surface area contributed by atoms with Gasteiger partial charge in [0.2, 0.25) is 0 Å². The molecule has 0 N–H and O–H groups in total. The molecule has 0 saturated heterocycles. The normalized spacial score (nSPS) is 40.4. The topological polar surface area (TPSA) is 57.2 Å². The number of rotatable bonds is 6. The molecule has 0 aromatic carbocycles. The fraction of sp³-hybridized carbons (Fsp3) is 0.955. The molecule has 3 saturated carbocycles. The molecule has 0 radical (unpaired) electrons. The van der Waals surface area contributed by atoms with Gasteiger partial charge in [-0.1, -0.05) is 50.6 Å². The van der Waals surface area contributed by atoms with Crippen LogP contribution in [0, 0.1) is 35.5 Å². The molecule has 0 aliphatic heterocycles. The summed E-state index contributed by atoms with van der Waals surface area (Å²) in [5.74, 6) is 3.60. The summed E-state index contributed by atoms with van der Waals surface area (Å²) >= 11 is -2.05. The van der Waals surface area contributed by atoms with Crippen molar-refractivity contribution in [2.24, 2.45) is 35.5 Å². The van der Waals surface area contributed by atoms with Crippen LogP contribution in [0.25, 0.3) is 0 Å². The monoisotopic (exact) mass is 381 g/mol. The predicted molar refractivity (Wildman–Crippen MR) is 105 cm³/mol. The third-order valence-corrected chi connectivity index (χ3v) is 8.78. The van der Waals surface area contributed by atoms with E-state index >= 15 is 0 Å². The quantitative estimate of drug-likeness (QED) is 0.589. The molecule has 26 heavy (non-hydrogen) atoms. The highest BCUT2D eigenvalue weighted by Gasteiger charge is 2.36. The van der Waals surface area contributed by atoms with Gasteiger partial charge < -0.3 is 4.55 Å². The van der Waals surface area contributed by atoms with E-state index in [2.05, 4.69) is 13.8 Å². The number of hydrogen-bond acceptors (Lipinski definition) is 3. The highest BCUT2D eigenvalue weighted by atomic mass is 32.2. The molecule has 0 bridgehead atoms. The van der Waals surface area contributed by atoms with Gasteiger partial charge in [0.1, 0.15) is 5.78 Å².